The highest BCUT2D eigenvalue weighted by molar-refractivity contribution is 7.99. The molecule has 0 N–H and O–H groups in total. The van der Waals surface area contributed by atoms with E-state index in [1.165, 1.54) is 4.90 Å². The van der Waals surface area contributed by atoms with Gasteiger partial charge in [-0.25, -0.2) is 9.69 Å². The number of nitrogens with zero attached hydrogens (tertiary/aromatic N) is 2. The van der Waals surface area contributed by atoms with Crippen LogP contribution in [-0.2, 0) is 4.79 Å². The Hall–Kier alpha value is -2.50. The Morgan fingerprint density at radius 3 is 2.48 bits per heavy atom. The van der Waals surface area contributed by atoms with Crippen LogP contribution < -0.4 is 4.90 Å². The molecule has 3 aromatic rings. The number of carbonyl (C=O) groups excluding carboxylic acids is 2. The standard InChI is InChI=1S/C21H15ClN2O2S/c22-15-10-8-14(9-11-15)20-24-18(12-27-20)19(25)23(21(24)26)17-7-3-5-13-4-1-2-6-16(13)17/h1-11,18,20H,12H2. The number of amides is 3. The number of fused-ring (bicyclic) bond motifs is 2. The van der Waals surface area contributed by atoms with Gasteiger partial charge in [-0.2, -0.15) is 0 Å². The summed E-state index contributed by atoms with van der Waals surface area (Å²) in [5.41, 5.74) is 1.63. The Morgan fingerprint density at radius 2 is 1.67 bits per heavy atom. The summed E-state index contributed by atoms with van der Waals surface area (Å²) in [6.45, 7) is 0. The second kappa shape index (κ2) is 6.29. The van der Waals surface area contributed by atoms with Crippen LogP contribution in [0.25, 0.3) is 10.8 Å². The highest BCUT2D eigenvalue weighted by Gasteiger charge is 2.53. The first-order valence-corrected chi connectivity index (χ1v) is 10.1. The van der Waals surface area contributed by atoms with E-state index in [2.05, 4.69) is 0 Å². The number of imide groups is 1. The lowest BCUT2D eigenvalue weighted by Crippen LogP contribution is -2.34. The van der Waals surface area contributed by atoms with E-state index in [1.54, 1.807) is 16.7 Å². The molecule has 27 heavy (non-hydrogen) atoms. The van der Waals surface area contributed by atoms with E-state index >= 15 is 0 Å². The Morgan fingerprint density at radius 1 is 0.926 bits per heavy atom. The van der Waals surface area contributed by atoms with Gasteiger partial charge in [0.15, 0.2) is 0 Å². The largest absolute Gasteiger partial charge is 0.333 e. The lowest BCUT2D eigenvalue weighted by Gasteiger charge is -2.23. The molecule has 0 bridgehead atoms. The molecule has 134 valence electrons. The van der Waals surface area contributed by atoms with E-state index in [0.29, 0.717) is 16.5 Å². The van der Waals surface area contributed by atoms with Gasteiger partial charge in [-0.3, -0.25) is 9.69 Å². The normalized spacial score (nSPS) is 22.0. The van der Waals surface area contributed by atoms with Crippen LogP contribution in [0.5, 0.6) is 0 Å². The van der Waals surface area contributed by atoms with Gasteiger partial charge in [-0.15, -0.1) is 11.8 Å². The van der Waals surface area contributed by atoms with Crippen molar-refractivity contribution in [3.63, 3.8) is 0 Å². The molecule has 0 aromatic heterocycles. The van der Waals surface area contributed by atoms with Crippen LogP contribution in [0.15, 0.2) is 66.7 Å². The maximum Gasteiger partial charge on any atom is 0.333 e. The zero-order valence-electron chi connectivity index (χ0n) is 14.2. The third-order valence-corrected chi connectivity index (χ3v) is 6.66. The topological polar surface area (TPSA) is 40.6 Å². The Bertz CT molecular complexity index is 1060. The summed E-state index contributed by atoms with van der Waals surface area (Å²) in [6, 6.07) is 20.3. The van der Waals surface area contributed by atoms with Crippen LogP contribution in [-0.4, -0.2) is 28.6 Å². The van der Waals surface area contributed by atoms with E-state index < -0.39 is 6.04 Å². The van der Waals surface area contributed by atoms with Gasteiger partial charge in [-0.05, 0) is 29.1 Å². The molecule has 6 heteroatoms. The van der Waals surface area contributed by atoms with Gasteiger partial charge in [0.2, 0.25) is 0 Å². The number of hydrogen-bond acceptors (Lipinski definition) is 3. The summed E-state index contributed by atoms with van der Waals surface area (Å²) in [7, 11) is 0. The number of anilines is 1. The number of benzene rings is 3. The SMILES string of the molecule is O=C1C2CSC(c3ccc(Cl)cc3)N2C(=O)N1c1cccc2ccccc12. The Kier molecular flexibility index (Phi) is 3.88. The monoisotopic (exact) mass is 394 g/mol. The van der Waals surface area contributed by atoms with Crippen LogP contribution in [0.1, 0.15) is 10.9 Å². The summed E-state index contributed by atoms with van der Waals surface area (Å²) < 4.78 is 0. The molecule has 2 aliphatic heterocycles. The Labute approximate surface area is 165 Å². The van der Waals surface area contributed by atoms with Gasteiger partial charge >= 0.3 is 6.03 Å². The fraction of sp³-hybridized carbons (Fsp3) is 0.143. The second-order valence-electron chi connectivity index (χ2n) is 6.61. The molecule has 2 aliphatic rings. The third-order valence-electron chi connectivity index (χ3n) is 5.08. The first-order chi connectivity index (χ1) is 13.1. The van der Waals surface area contributed by atoms with Crippen LogP contribution in [0.4, 0.5) is 10.5 Å². The van der Waals surface area contributed by atoms with Crippen molar-refractivity contribution in [1.82, 2.24) is 4.90 Å². The van der Waals surface area contributed by atoms with Gasteiger partial charge < -0.3 is 0 Å². The van der Waals surface area contributed by atoms with Gasteiger partial charge in [0.1, 0.15) is 11.4 Å². The minimum absolute atomic E-state index is 0.152. The first kappa shape index (κ1) is 16.7. The van der Waals surface area contributed by atoms with Crippen LogP contribution in [0.2, 0.25) is 5.02 Å². The van der Waals surface area contributed by atoms with Crippen molar-refractivity contribution < 1.29 is 9.59 Å². The first-order valence-electron chi connectivity index (χ1n) is 8.66. The van der Waals surface area contributed by atoms with E-state index in [9.17, 15) is 9.59 Å². The van der Waals surface area contributed by atoms with E-state index in [1.807, 2.05) is 66.7 Å². The maximum absolute atomic E-state index is 13.3. The minimum Gasteiger partial charge on any atom is -0.295 e. The van der Waals surface area contributed by atoms with Crippen molar-refractivity contribution in [2.24, 2.45) is 0 Å². The molecule has 2 fully saturated rings. The lowest BCUT2D eigenvalue weighted by atomic mass is 10.1. The number of urea groups is 1. The molecule has 0 spiro atoms. The molecular formula is C21H15ClN2O2S. The number of hydrogen-bond donors (Lipinski definition) is 0. The zero-order chi connectivity index (χ0) is 18.5. The molecule has 3 amide bonds. The smallest absolute Gasteiger partial charge is 0.295 e. The molecule has 2 unspecified atom stereocenters. The van der Waals surface area contributed by atoms with Crippen LogP contribution in [0.3, 0.4) is 0 Å². The maximum atomic E-state index is 13.3. The van der Waals surface area contributed by atoms with Crippen molar-refractivity contribution in [2.75, 3.05) is 10.7 Å². The molecule has 2 heterocycles. The van der Waals surface area contributed by atoms with Crippen LogP contribution >= 0.6 is 23.4 Å². The molecule has 0 saturated carbocycles. The molecule has 2 saturated heterocycles. The van der Waals surface area contributed by atoms with Crippen molar-refractivity contribution in [3.05, 3.63) is 77.3 Å². The van der Waals surface area contributed by atoms with E-state index in [4.69, 9.17) is 11.6 Å². The summed E-state index contributed by atoms with van der Waals surface area (Å²) in [6.07, 6.45) is 0. The molecular weight excluding hydrogens is 380 g/mol. The van der Waals surface area contributed by atoms with Crippen LogP contribution in [0, 0.1) is 0 Å². The summed E-state index contributed by atoms with van der Waals surface area (Å²) in [5.74, 6) is 0.444. The number of rotatable bonds is 2. The summed E-state index contributed by atoms with van der Waals surface area (Å²) >= 11 is 7.61. The van der Waals surface area contributed by atoms with Gasteiger partial charge in [0, 0.05) is 16.2 Å². The predicted octanol–water partition coefficient (Wildman–Crippen LogP) is 5.08. The average Bonchev–Trinajstić information content (AvgIpc) is 3.23. The fourth-order valence-electron chi connectivity index (χ4n) is 3.80. The highest BCUT2D eigenvalue weighted by atomic mass is 35.5. The number of thioether (sulfide) groups is 1. The van der Waals surface area contributed by atoms with Crippen molar-refractivity contribution in [1.29, 1.82) is 0 Å². The van der Waals surface area contributed by atoms with Crippen molar-refractivity contribution in [3.8, 4) is 0 Å². The van der Waals surface area contributed by atoms with Gasteiger partial charge in [-0.1, -0.05) is 60.1 Å². The molecule has 5 rings (SSSR count). The second-order valence-corrected chi connectivity index (χ2v) is 8.16. The van der Waals surface area contributed by atoms with Gasteiger partial charge in [0.05, 0.1) is 5.69 Å². The number of halogens is 1. The third kappa shape index (κ3) is 2.53. The molecule has 3 aromatic carbocycles. The fourth-order valence-corrected chi connectivity index (χ4v) is 5.34. The van der Waals surface area contributed by atoms with Gasteiger partial charge in [0.25, 0.3) is 5.91 Å². The van der Waals surface area contributed by atoms with E-state index in [-0.39, 0.29) is 17.3 Å². The minimum atomic E-state index is -0.429. The lowest BCUT2D eigenvalue weighted by molar-refractivity contribution is -0.119. The van der Waals surface area contributed by atoms with Crippen molar-refractivity contribution >= 4 is 51.8 Å². The average molecular weight is 395 g/mol. The van der Waals surface area contributed by atoms with E-state index in [0.717, 1.165) is 16.3 Å². The summed E-state index contributed by atoms with van der Waals surface area (Å²) in [5, 5.41) is 2.38. The molecule has 4 nitrogen and oxygen atoms in total. The summed E-state index contributed by atoms with van der Waals surface area (Å²) in [4.78, 5) is 29.4. The molecule has 0 aliphatic carbocycles. The highest BCUT2D eigenvalue weighted by Crippen LogP contribution is 2.46. The quantitative estimate of drug-likeness (QED) is 0.569. The molecule has 0 radical (unpaired) electrons. The van der Waals surface area contributed by atoms with Crippen molar-refractivity contribution in [2.45, 2.75) is 11.4 Å². The number of carbonyl (C=O) groups is 2. The zero-order valence-corrected chi connectivity index (χ0v) is 15.8. The predicted molar refractivity (Wildman–Crippen MR) is 109 cm³/mol. The molecule has 2 atom stereocenters. The Balaban J connectivity index is 1.56.